The van der Waals surface area contributed by atoms with Crippen molar-refractivity contribution in [3.63, 3.8) is 0 Å². The normalized spacial score (nSPS) is 20.3. The van der Waals surface area contributed by atoms with Crippen molar-refractivity contribution in [1.29, 1.82) is 0 Å². The Kier molecular flexibility index (Phi) is 4.19. The summed E-state index contributed by atoms with van der Waals surface area (Å²) in [4.78, 5) is 19.7. The van der Waals surface area contributed by atoms with E-state index in [0.717, 1.165) is 44.8 Å². The number of halogens is 1. The number of hydrogen-bond donors (Lipinski definition) is 1. The molecule has 0 radical (unpaired) electrons. The van der Waals surface area contributed by atoms with Crippen LogP contribution in [-0.2, 0) is 4.79 Å². The van der Waals surface area contributed by atoms with Crippen LogP contribution in [-0.4, -0.2) is 42.0 Å². The molecule has 0 bridgehead atoms. The van der Waals surface area contributed by atoms with Crippen LogP contribution in [0.3, 0.4) is 0 Å². The van der Waals surface area contributed by atoms with Gasteiger partial charge in [-0.15, -0.1) is 0 Å². The summed E-state index contributed by atoms with van der Waals surface area (Å²) in [6, 6.07) is 6.03. The van der Waals surface area contributed by atoms with Gasteiger partial charge in [0, 0.05) is 18.2 Å². The first-order chi connectivity index (χ1) is 8.34. The van der Waals surface area contributed by atoms with E-state index in [1.807, 2.05) is 23.2 Å². The number of nitrogens with zero attached hydrogens (tertiary/aromatic N) is 2. The highest BCUT2D eigenvalue weighted by Gasteiger charge is 2.35. The SMILES string of the molecule is O=C(C1CC1)N1CC[NH+](c2ccccn2)CC1.[Cl-]. The fraction of sp³-hybridized carbons (Fsp3) is 0.538. The van der Waals surface area contributed by atoms with Crippen LogP contribution in [0, 0.1) is 5.92 Å². The summed E-state index contributed by atoms with van der Waals surface area (Å²) in [6.07, 6.45) is 4.04. The number of pyridine rings is 1. The fourth-order valence-corrected chi connectivity index (χ4v) is 2.41. The quantitative estimate of drug-likeness (QED) is 0.615. The van der Waals surface area contributed by atoms with E-state index in [1.165, 1.54) is 4.90 Å². The third-order valence-electron chi connectivity index (χ3n) is 3.63. The van der Waals surface area contributed by atoms with Gasteiger partial charge in [0.1, 0.15) is 13.1 Å². The molecule has 4 nitrogen and oxygen atoms in total. The Balaban J connectivity index is 0.00000120. The van der Waals surface area contributed by atoms with Gasteiger partial charge in [-0.25, -0.2) is 4.98 Å². The van der Waals surface area contributed by atoms with Crippen molar-refractivity contribution in [3.05, 3.63) is 24.4 Å². The van der Waals surface area contributed by atoms with E-state index < -0.39 is 0 Å². The minimum absolute atomic E-state index is 0. The highest BCUT2D eigenvalue weighted by molar-refractivity contribution is 5.81. The Labute approximate surface area is 113 Å². The van der Waals surface area contributed by atoms with Crippen LogP contribution >= 0.6 is 0 Å². The van der Waals surface area contributed by atoms with Crippen molar-refractivity contribution in [1.82, 2.24) is 9.88 Å². The van der Waals surface area contributed by atoms with Crippen LogP contribution in [0.25, 0.3) is 0 Å². The van der Waals surface area contributed by atoms with Gasteiger partial charge in [0.15, 0.2) is 0 Å². The van der Waals surface area contributed by atoms with Gasteiger partial charge >= 0.3 is 0 Å². The van der Waals surface area contributed by atoms with Gasteiger partial charge in [-0.05, 0) is 18.9 Å². The molecule has 1 saturated heterocycles. The molecule has 2 aliphatic rings. The molecule has 2 heterocycles. The summed E-state index contributed by atoms with van der Waals surface area (Å²) in [5, 5.41) is 0. The predicted octanol–water partition coefficient (Wildman–Crippen LogP) is -3.15. The van der Waals surface area contributed by atoms with E-state index in [1.54, 1.807) is 0 Å². The van der Waals surface area contributed by atoms with Crippen LogP contribution in [0.5, 0.6) is 0 Å². The zero-order chi connectivity index (χ0) is 11.7. The third-order valence-corrected chi connectivity index (χ3v) is 3.63. The van der Waals surface area contributed by atoms with Gasteiger partial charge < -0.3 is 17.3 Å². The van der Waals surface area contributed by atoms with E-state index in [2.05, 4.69) is 11.1 Å². The lowest BCUT2D eigenvalue weighted by molar-refractivity contribution is -0.840. The molecular weight excluding hydrogens is 250 g/mol. The van der Waals surface area contributed by atoms with Gasteiger partial charge in [0.2, 0.25) is 11.7 Å². The number of nitrogens with one attached hydrogen (secondary N) is 1. The number of aromatic nitrogens is 1. The number of piperazine rings is 1. The number of quaternary nitrogens is 1. The van der Waals surface area contributed by atoms with Crippen molar-refractivity contribution in [3.8, 4) is 0 Å². The van der Waals surface area contributed by atoms with Crippen LogP contribution in [0.15, 0.2) is 24.4 Å². The molecule has 18 heavy (non-hydrogen) atoms. The molecule has 1 aromatic heterocycles. The summed E-state index contributed by atoms with van der Waals surface area (Å²) >= 11 is 0. The highest BCUT2D eigenvalue weighted by atomic mass is 35.5. The molecule has 98 valence electrons. The molecule has 1 N–H and O–H groups in total. The van der Waals surface area contributed by atoms with E-state index in [0.29, 0.717) is 11.8 Å². The molecular formula is C13H18ClN3O. The Hall–Kier alpha value is -1.13. The van der Waals surface area contributed by atoms with Crippen LogP contribution < -0.4 is 17.3 Å². The summed E-state index contributed by atoms with van der Waals surface area (Å²) in [5.74, 6) is 1.84. The van der Waals surface area contributed by atoms with Crippen LogP contribution in [0.1, 0.15) is 12.8 Å². The molecule has 0 unspecified atom stereocenters. The van der Waals surface area contributed by atoms with Gasteiger partial charge in [-0.1, -0.05) is 6.07 Å². The molecule has 2 fully saturated rings. The van der Waals surface area contributed by atoms with Crippen molar-refractivity contribution in [2.45, 2.75) is 12.8 Å². The minimum Gasteiger partial charge on any atom is -1.00 e. The molecule has 1 aliphatic carbocycles. The van der Waals surface area contributed by atoms with Gasteiger partial charge in [-0.3, -0.25) is 9.69 Å². The Morgan fingerprint density at radius 2 is 2.00 bits per heavy atom. The first-order valence-corrected chi connectivity index (χ1v) is 6.39. The lowest BCUT2D eigenvalue weighted by Crippen LogP contribution is -3.10. The second-order valence-corrected chi connectivity index (χ2v) is 4.92. The van der Waals surface area contributed by atoms with E-state index in [4.69, 9.17) is 0 Å². The highest BCUT2D eigenvalue weighted by Crippen LogP contribution is 2.30. The van der Waals surface area contributed by atoms with Crippen molar-refractivity contribution in [2.75, 3.05) is 26.2 Å². The average molecular weight is 268 g/mol. The third kappa shape index (κ3) is 2.82. The smallest absolute Gasteiger partial charge is 0.226 e. The topological polar surface area (TPSA) is 37.6 Å². The molecule has 0 atom stereocenters. The second kappa shape index (κ2) is 5.67. The molecule has 1 aliphatic heterocycles. The Morgan fingerprint density at radius 1 is 1.28 bits per heavy atom. The fourth-order valence-electron chi connectivity index (χ4n) is 2.41. The molecule has 1 saturated carbocycles. The number of amides is 1. The summed E-state index contributed by atoms with van der Waals surface area (Å²) in [7, 11) is 0. The first-order valence-electron chi connectivity index (χ1n) is 6.39. The largest absolute Gasteiger partial charge is 1.00 e. The van der Waals surface area contributed by atoms with E-state index in [-0.39, 0.29) is 12.4 Å². The molecule has 0 aromatic carbocycles. The van der Waals surface area contributed by atoms with Crippen molar-refractivity contribution >= 4 is 11.7 Å². The molecule has 0 spiro atoms. The van der Waals surface area contributed by atoms with Gasteiger partial charge in [-0.2, -0.15) is 0 Å². The van der Waals surface area contributed by atoms with Crippen molar-refractivity contribution in [2.24, 2.45) is 5.92 Å². The number of hydrogen-bond acceptors (Lipinski definition) is 2. The number of carbonyl (C=O) groups is 1. The predicted molar refractivity (Wildman–Crippen MR) is 63.9 cm³/mol. The minimum atomic E-state index is 0. The molecule has 5 heteroatoms. The van der Waals surface area contributed by atoms with Crippen LogP contribution in [0.2, 0.25) is 0 Å². The number of rotatable bonds is 2. The summed E-state index contributed by atoms with van der Waals surface area (Å²) in [5.41, 5.74) is 0. The molecule has 1 amide bonds. The molecule has 3 rings (SSSR count). The standard InChI is InChI=1S/C13H17N3O.ClH/c17-13(11-4-5-11)16-9-7-15(8-10-16)12-3-1-2-6-14-12;/h1-3,6,11H,4-5,7-10H2;1H. The van der Waals surface area contributed by atoms with Crippen molar-refractivity contribution < 1.29 is 22.1 Å². The van der Waals surface area contributed by atoms with Crippen LogP contribution in [0.4, 0.5) is 5.82 Å². The lowest BCUT2D eigenvalue weighted by Gasteiger charge is -2.31. The van der Waals surface area contributed by atoms with Gasteiger partial charge in [0.05, 0.1) is 13.1 Å². The number of carbonyl (C=O) groups excluding carboxylic acids is 1. The summed E-state index contributed by atoms with van der Waals surface area (Å²) < 4.78 is 0. The molecule has 1 aromatic rings. The Bertz CT molecular complexity index is 400. The maximum Gasteiger partial charge on any atom is 0.226 e. The van der Waals surface area contributed by atoms with Gasteiger partial charge in [0.25, 0.3) is 0 Å². The maximum absolute atomic E-state index is 11.9. The second-order valence-electron chi connectivity index (χ2n) is 4.92. The lowest BCUT2D eigenvalue weighted by atomic mass is 10.2. The zero-order valence-electron chi connectivity index (χ0n) is 10.3. The maximum atomic E-state index is 11.9. The summed E-state index contributed by atoms with van der Waals surface area (Å²) in [6.45, 7) is 3.72. The zero-order valence-corrected chi connectivity index (χ0v) is 11.1. The Morgan fingerprint density at radius 3 is 2.56 bits per heavy atom. The first kappa shape index (κ1) is 13.3. The van der Waals surface area contributed by atoms with E-state index in [9.17, 15) is 4.79 Å². The van der Waals surface area contributed by atoms with E-state index >= 15 is 0 Å². The average Bonchev–Trinajstić information content (AvgIpc) is 3.24. The monoisotopic (exact) mass is 267 g/mol.